The van der Waals surface area contributed by atoms with E-state index in [0.29, 0.717) is 6.42 Å². The lowest BCUT2D eigenvalue weighted by Gasteiger charge is -2.07. The molecule has 0 saturated heterocycles. The molecule has 19 heavy (non-hydrogen) atoms. The van der Waals surface area contributed by atoms with Crippen molar-refractivity contribution in [2.45, 2.75) is 13.3 Å². The summed E-state index contributed by atoms with van der Waals surface area (Å²) in [4.78, 5) is 22.0. The largest absolute Gasteiger partial charge is 0.478 e. The third kappa shape index (κ3) is 5.61. The van der Waals surface area contributed by atoms with Crippen molar-refractivity contribution in [3.8, 4) is 0 Å². The van der Waals surface area contributed by atoms with Gasteiger partial charge in [-0.3, -0.25) is 4.79 Å². The van der Waals surface area contributed by atoms with E-state index in [0.717, 1.165) is 28.6 Å². The molecular weight excluding hydrogens is 262 g/mol. The van der Waals surface area contributed by atoms with E-state index < -0.39 is 5.97 Å². The second-order valence-electron chi connectivity index (χ2n) is 4.03. The van der Waals surface area contributed by atoms with Gasteiger partial charge < -0.3 is 10.4 Å². The van der Waals surface area contributed by atoms with Crippen LogP contribution in [0, 0.1) is 6.92 Å². The number of amides is 1. The smallest absolute Gasteiger partial charge is 0.328 e. The van der Waals surface area contributed by atoms with Gasteiger partial charge in [-0.2, -0.15) is 11.8 Å². The van der Waals surface area contributed by atoms with Crippen LogP contribution in [0.4, 0.5) is 5.69 Å². The van der Waals surface area contributed by atoms with Crippen LogP contribution in [0.1, 0.15) is 17.5 Å². The Balaban J connectivity index is 2.71. The Labute approximate surface area is 116 Å². The van der Waals surface area contributed by atoms with E-state index in [-0.39, 0.29) is 5.91 Å². The maximum atomic E-state index is 11.6. The Bertz CT molecular complexity index is 497. The van der Waals surface area contributed by atoms with E-state index in [1.165, 1.54) is 6.08 Å². The number of carbonyl (C=O) groups excluding carboxylic acids is 1. The highest BCUT2D eigenvalue weighted by Crippen LogP contribution is 2.17. The Kier molecular flexibility index (Phi) is 6.15. The van der Waals surface area contributed by atoms with Crippen molar-refractivity contribution in [1.82, 2.24) is 0 Å². The minimum Gasteiger partial charge on any atom is -0.478 e. The molecule has 5 heteroatoms. The molecule has 0 aromatic heterocycles. The summed E-state index contributed by atoms with van der Waals surface area (Å²) in [6, 6.07) is 5.39. The third-order valence-corrected chi connectivity index (χ3v) is 3.10. The number of aryl methyl sites for hydroxylation is 1. The van der Waals surface area contributed by atoms with Crippen LogP contribution in [0.3, 0.4) is 0 Å². The number of thioether (sulfide) groups is 1. The summed E-state index contributed by atoms with van der Waals surface area (Å²) in [6.07, 6.45) is 5.08. The van der Waals surface area contributed by atoms with Gasteiger partial charge in [0.2, 0.25) is 5.91 Å². The van der Waals surface area contributed by atoms with Gasteiger partial charge in [-0.15, -0.1) is 0 Å². The standard InChI is InChI=1S/C14H17NO3S/c1-10-9-12(15-13(16)7-8-19-2)5-3-11(10)4-6-14(17)18/h3-6,9H,7-8H2,1-2H3,(H,15,16)(H,17,18). The lowest BCUT2D eigenvalue weighted by Crippen LogP contribution is -2.12. The van der Waals surface area contributed by atoms with Crippen molar-refractivity contribution in [2.75, 3.05) is 17.3 Å². The van der Waals surface area contributed by atoms with E-state index in [4.69, 9.17) is 5.11 Å². The Morgan fingerprint density at radius 3 is 2.74 bits per heavy atom. The summed E-state index contributed by atoms with van der Waals surface area (Å²) >= 11 is 1.63. The quantitative estimate of drug-likeness (QED) is 0.786. The first kappa shape index (κ1) is 15.3. The summed E-state index contributed by atoms with van der Waals surface area (Å²) in [6.45, 7) is 1.87. The van der Waals surface area contributed by atoms with Gasteiger partial charge in [-0.1, -0.05) is 6.07 Å². The molecule has 0 atom stereocenters. The van der Waals surface area contributed by atoms with E-state index in [1.807, 2.05) is 19.2 Å². The predicted molar refractivity (Wildman–Crippen MR) is 79.5 cm³/mol. The fraction of sp³-hybridized carbons (Fsp3) is 0.286. The zero-order valence-corrected chi connectivity index (χ0v) is 11.8. The Morgan fingerprint density at radius 1 is 1.42 bits per heavy atom. The average molecular weight is 279 g/mol. The molecule has 0 unspecified atom stereocenters. The average Bonchev–Trinajstić information content (AvgIpc) is 2.35. The van der Waals surface area contributed by atoms with Crippen LogP contribution < -0.4 is 5.32 Å². The molecule has 0 fully saturated rings. The van der Waals surface area contributed by atoms with Crippen molar-refractivity contribution in [3.63, 3.8) is 0 Å². The van der Waals surface area contributed by atoms with Crippen molar-refractivity contribution >= 4 is 35.4 Å². The van der Waals surface area contributed by atoms with Gasteiger partial charge in [0.05, 0.1) is 0 Å². The fourth-order valence-corrected chi connectivity index (χ4v) is 1.91. The third-order valence-electron chi connectivity index (χ3n) is 2.49. The number of rotatable bonds is 6. The molecule has 0 bridgehead atoms. The molecule has 0 aliphatic heterocycles. The zero-order chi connectivity index (χ0) is 14.3. The van der Waals surface area contributed by atoms with Gasteiger partial charge in [0.25, 0.3) is 0 Å². The summed E-state index contributed by atoms with van der Waals surface area (Å²) in [7, 11) is 0. The number of carboxylic acids is 1. The number of carboxylic acid groups (broad SMARTS) is 1. The van der Waals surface area contributed by atoms with E-state index in [2.05, 4.69) is 5.32 Å². The molecule has 102 valence electrons. The van der Waals surface area contributed by atoms with Gasteiger partial charge in [0, 0.05) is 23.9 Å². The molecule has 0 aliphatic carbocycles. The van der Waals surface area contributed by atoms with E-state index in [9.17, 15) is 9.59 Å². The van der Waals surface area contributed by atoms with Gasteiger partial charge in [0.1, 0.15) is 0 Å². The molecule has 2 N–H and O–H groups in total. The molecule has 0 radical (unpaired) electrons. The van der Waals surface area contributed by atoms with Crippen molar-refractivity contribution in [3.05, 3.63) is 35.4 Å². The number of hydrogen-bond acceptors (Lipinski definition) is 3. The van der Waals surface area contributed by atoms with Crippen LogP contribution in [-0.4, -0.2) is 29.0 Å². The topological polar surface area (TPSA) is 66.4 Å². The zero-order valence-electron chi connectivity index (χ0n) is 11.0. The predicted octanol–water partition coefficient (Wildman–Crippen LogP) is 2.78. The van der Waals surface area contributed by atoms with Gasteiger partial charge in [-0.05, 0) is 42.5 Å². The first-order valence-corrected chi connectivity index (χ1v) is 7.22. The van der Waals surface area contributed by atoms with Crippen LogP contribution in [-0.2, 0) is 9.59 Å². The monoisotopic (exact) mass is 279 g/mol. The van der Waals surface area contributed by atoms with Crippen LogP contribution in [0.15, 0.2) is 24.3 Å². The molecule has 0 heterocycles. The number of carbonyl (C=O) groups is 2. The summed E-state index contributed by atoms with van der Waals surface area (Å²) in [5.74, 6) is -0.194. The minimum absolute atomic E-state index is 0.0115. The van der Waals surface area contributed by atoms with Crippen molar-refractivity contribution in [1.29, 1.82) is 0 Å². The number of anilines is 1. The SMILES string of the molecule is CSCCC(=O)Nc1ccc(C=CC(=O)O)c(C)c1. The highest BCUT2D eigenvalue weighted by atomic mass is 32.2. The lowest BCUT2D eigenvalue weighted by atomic mass is 10.1. The van der Waals surface area contributed by atoms with Crippen molar-refractivity contribution in [2.24, 2.45) is 0 Å². The van der Waals surface area contributed by atoms with Crippen LogP contribution in [0.5, 0.6) is 0 Å². The van der Waals surface area contributed by atoms with Gasteiger partial charge in [0.15, 0.2) is 0 Å². The van der Waals surface area contributed by atoms with Crippen molar-refractivity contribution < 1.29 is 14.7 Å². The second-order valence-corrected chi connectivity index (χ2v) is 5.02. The van der Waals surface area contributed by atoms with Crippen LogP contribution in [0.25, 0.3) is 6.08 Å². The molecule has 0 spiro atoms. The van der Waals surface area contributed by atoms with Gasteiger partial charge in [-0.25, -0.2) is 4.79 Å². The maximum absolute atomic E-state index is 11.6. The molecule has 1 rings (SSSR count). The number of nitrogens with one attached hydrogen (secondary N) is 1. The highest BCUT2D eigenvalue weighted by Gasteiger charge is 2.03. The number of benzene rings is 1. The maximum Gasteiger partial charge on any atom is 0.328 e. The van der Waals surface area contributed by atoms with Crippen LogP contribution in [0.2, 0.25) is 0 Å². The molecular formula is C14H17NO3S. The highest BCUT2D eigenvalue weighted by molar-refractivity contribution is 7.98. The van der Waals surface area contributed by atoms with Gasteiger partial charge >= 0.3 is 5.97 Å². The first-order chi connectivity index (χ1) is 9.02. The lowest BCUT2D eigenvalue weighted by molar-refractivity contribution is -0.131. The van der Waals surface area contributed by atoms with E-state index >= 15 is 0 Å². The molecule has 1 aromatic carbocycles. The summed E-state index contributed by atoms with van der Waals surface area (Å²) in [5, 5.41) is 11.4. The minimum atomic E-state index is -0.978. The van der Waals surface area contributed by atoms with E-state index in [1.54, 1.807) is 23.9 Å². The molecule has 0 aliphatic rings. The number of hydrogen-bond donors (Lipinski definition) is 2. The van der Waals surface area contributed by atoms with Crippen LogP contribution >= 0.6 is 11.8 Å². The molecule has 0 saturated carbocycles. The molecule has 1 aromatic rings. The fourth-order valence-electron chi connectivity index (χ4n) is 1.52. The first-order valence-electron chi connectivity index (χ1n) is 5.83. The Morgan fingerprint density at radius 2 is 2.16 bits per heavy atom. The normalized spacial score (nSPS) is 10.6. The summed E-state index contributed by atoms with van der Waals surface area (Å²) < 4.78 is 0. The summed E-state index contributed by atoms with van der Waals surface area (Å²) in [5.41, 5.74) is 2.47. The molecule has 1 amide bonds. The Hall–Kier alpha value is -1.75. The number of aliphatic carboxylic acids is 1. The molecule has 4 nitrogen and oxygen atoms in total. The second kappa shape index (κ2) is 7.63.